The molecule has 0 fully saturated rings. The summed E-state index contributed by atoms with van der Waals surface area (Å²) < 4.78 is 7.19. The number of carbonyl (C=O) groups is 1. The van der Waals surface area contributed by atoms with Gasteiger partial charge in [-0.3, -0.25) is 4.79 Å². The van der Waals surface area contributed by atoms with Gasteiger partial charge in [0.25, 0.3) is 0 Å². The molecule has 7 nitrogen and oxygen atoms in total. The van der Waals surface area contributed by atoms with Crippen LogP contribution in [0.4, 0.5) is 0 Å². The molecule has 5 rings (SSSR count). The van der Waals surface area contributed by atoms with Crippen LogP contribution in [0.25, 0.3) is 27.0 Å². The molecule has 0 saturated heterocycles. The van der Waals surface area contributed by atoms with E-state index in [1.54, 1.807) is 27.6 Å². The monoisotopic (exact) mass is 475 g/mol. The summed E-state index contributed by atoms with van der Waals surface area (Å²) in [5.74, 6) is 1.04. The van der Waals surface area contributed by atoms with Gasteiger partial charge in [-0.1, -0.05) is 35.5 Å². The molecule has 5 aromatic rings. The third-order valence-electron chi connectivity index (χ3n) is 5.16. The van der Waals surface area contributed by atoms with Crippen LogP contribution < -0.4 is 0 Å². The summed E-state index contributed by atoms with van der Waals surface area (Å²) in [5.41, 5.74) is 2.87. The second-order valence-electron chi connectivity index (χ2n) is 7.50. The molecule has 0 saturated carbocycles. The highest BCUT2D eigenvalue weighted by molar-refractivity contribution is 7.13. The lowest BCUT2D eigenvalue weighted by atomic mass is 10.2. The highest BCUT2D eigenvalue weighted by Crippen LogP contribution is 2.28. The Morgan fingerprint density at radius 1 is 1.03 bits per heavy atom. The number of aryl methyl sites for hydroxylation is 1. The lowest BCUT2D eigenvalue weighted by molar-refractivity contribution is -0.130. The van der Waals surface area contributed by atoms with E-state index >= 15 is 0 Å². The van der Waals surface area contributed by atoms with Gasteiger partial charge in [-0.25, -0.2) is 4.68 Å². The van der Waals surface area contributed by atoms with Gasteiger partial charge in [-0.15, -0.1) is 22.7 Å². The Morgan fingerprint density at radius 2 is 1.79 bits per heavy atom. The van der Waals surface area contributed by atoms with Crippen molar-refractivity contribution in [3.05, 3.63) is 83.0 Å². The Bertz CT molecular complexity index is 1320. The highest BCUT2D eigenvalue weighted by atomic mass is 32.1. The molecule has 0 unspecified atom stereocenters. The largest absolute Gasteiger partial charge is 0.341 e. The fourth-order valence-electron chi connectivity index (χ4n) is 3.47. The van der Waals surface area contributed by atoms with E-state index in [0.29, 0.717) is 31.1 Å². The molecular weight excluding hydrogens is 454 g/mol. The minimum absolute atomic E-state index is 0.00969. The first-order valence-corrected chi connectivity index (χ1v) is 12.2. The van der Waals surface area contributed by atoms with Crippen LogP contribution in [0.2, 0.25) is 0 Å². The molecule has 0 N–H and O–H groups in total. The molecule has 0 aliphatic rings. The van der Waals surface area contributed by atoms with Crippen molar-refractivity contribution in [1.29, 1.82) is 0 Å². The van der Waals surface area contributed by atoms with Crippen molar-refractivity contribution < 1.29 is 9.32 Å². The van der Waals surface area contributed by atoms with Gasteiger partial charge in [-0.05, 0) is 35.0 Å². The fraction of sp³-hybridized carbons (Fsp3) is 0.167. The zero-order valence-corrected chi connectivity index (χ0v) is 19.6. The normalized spacial score (nSPS) is 11.1. The highest BCUT2D eigenvalue weighted by Gasteiger charge is 2.18. The van der Waals surface area contributed by atoms with Crippen LogP contribution in [-0.2, 0) is 17.8 Å². The van der Waals surface area contributed by atoms with Crippen molar-refractivity contribution in [2.45, 2.75) is 19.4 Å². The van der Waals surface area contributed by atoms with Gasteiger partial charge >= 0.3 is 0 Å². The van der Waals surface area contributed by atoms with Crippen LogP contribution in [0.5, 0.6) is 0 Å². The average molecular weight is 476 g/mol. The third kappa shape index (κ3) is 4.79. The molecule has 0 atom stereocenters. The minimum atomic E-state index is 0.00969. The Hall–Kier alpha value is -3.56. The zero-order valence-electron chi connectivity index (χ0n) is 17.9. The Balaban J connectivity index is 1.28. The molecule has 1 aromatic carbocycles. The second-order valence-corrected chi connectivity index (χ2v) is 9.39. The van der Waals surface area contributed by atoms with E-state index in [9.17, 15) is 4.79 Å². The van der Waals surface area contributed by atoms with Crippen LogP contribution in [0.15, 0.2) is 76.1 Å². The molecule has 0 radical (unpaired) electrons. The summed E-state index contributed by atoms with van der Waals surface area (Å²) in [6.07, 6.45) is 2.70. The molecule has 9 heteroatoms. The number of rotatable bonds is 8. The van der Waals surface area contributed by atoms with Crippen LogP contribution in [-0.4, -0.2) is 37.8 Å². The number of hydrogen-bond acceptors (Lipinski definition) is 7. The van der Waals surface area contributed by atoms with E-state index in [0.717, 1.165) is 26.7 Å². The van der Waals surface area contributed by atoms with E-state index in [1.165, 1.54) is 0 Å². The number of nitrogens with zero attached hydrogens (tertiary/aromatic N) is 5. The Morgan fingerprint density at radius 3 is 2.52 bits per heavy atom. The summed E-state index contributed by atoms with van der Waals surface area (Å²) in [6.45, 7) is 0.461. The van der Waals surface area contributed by atoms with Crippen molar-refractivity contribution in [1.82, 2.24) is 24.8 Å². The number of carbonyl (C=O) groups excluding carboxylic acids is 1. The van der Waals surface area contributed by atoms with Crippen molar-refractivity contribution in [2.24, 2.45) is 0 Å². The molecule has 33 heavy (non-hydrogen) atoms. The van der Waals surface area contributed by atoms with Crippen LogP contribution in [0, 0.1) is 0 Å². The molecular formula is C24H21N5O2S2. The molecule has 0 aliphatic carbocycles. The van der Waals surface area contributed by atoms with Crippen molar-refractivity contribution >= 4 is 28.6 Å². The number of para-hydroxylation sites is 1. The quantitative estimate of drug-likeness (QED) is 0.304. The number of thiophene rings is 2. The topological polar surface area (TPSA) is 77.1 Å². The van der Waals surface area contributed by atoms with E-state index in [-0.39, 0.29) is 5.91 Å². The van der Waals surface area contributed by atoms with Crippen molar-refractivity contribution in [2.75, 3.05) is 7.05 Å². The SMILES string of the molecule is CN(Cc1cn(-c2ccccc2)nc1-c1cccs1)C(=O)CCc1nc(-c2cccs2)no1. The van der Waals surface area contributed by atoms with Crippen LogP contribution >= 0.6 is 22.7 Å². The molecule has 4 heterocycles. The maximum absolute atomic E-state index is 12.8. The predicted molar refractivity (Wildman–Crippen MR) is 129 cm³/mol. The van der Waals surface area contributed by atoms with Gasteiger partial charge < -0.3 is 9.42 Å². The van der Waals surface area contributed by atoms with Gasteiger partial charge in [0.2, 0.25) is 17.6 Å². The van der Waals surface area contributed by atoms with E-state index < -0.39 is 0 Å². The maximum atomic E-state index is 12.8. The van der Waals surface area contributed by atoms with Gasteiger partial charge in [0.1, 0.15) is 5.69 Å². The Labute approximate surface area is 198 Å². The second kappa shape index (κ2) is 9.51. The van der Waals surface area contributed by atoms with Crippen molar-refractivity contribution in [3.8, 4) is 27.0 Å². The average Bonchev–Trinajstić information content (AvgIpc) is 3.64. The third-order valence-corrected chi connectivity index (χ3v) is 6.90. The van der Waals surface area contributed by atoms with Crippen molar-refractivity contribution in [3.63, 3.8) is 0 Å². The number of aromatic nitrogens is 4. The van der Waals surface area contributed by atoms with E-state index in [4.69, 9.17) is 9.62 Å². The van der Waals surface area contributed by atoms with Crippen LogP contribution in [0.3, 0.4) is 0 Å². The minimum Gasteiger partial charge on any atom is -0.341 e. The molecule has 166 valence electrons. The smallest absolute Gasteiger partial charge is 0.227 e. The lowest BCUT2D eigenvalue weighted by Gasteiger charge is -2.16. The van der Waals surface area contributed by atoms with Gasteiger partial charge in [0, 0.05) is 38.2 Å². The number of benzene rings is 1. The lowest BCUT2D eigenvalue weighted by Crippen LogP contribution is -2.26. The standard InChI is InChI=1S/C24H21N5O2S2/c1-28(22(30)12-11-21-25-24(27-31-21)20-10-6-14-33-20)15-17-16-29(18-7-3-2-4-8-18)26-23(17)19-9-5-13-32-19/h2-10,13-14,16H,11-12,15H2,1H3. The van der Waals surface area contributed by atoms with Gasteiger partial charge in [-0.2, -0.15) is 10.1 Å². The molecule has 1 amide bonds. The summed E-state index contributed by atoms with van der Waals surface area (Å²) in [4.78, 5) is 21.0. The van der Waals surface area contributed by atoms with E-state index in [1.807, 2.05) is 77.2 Å². The number of hydrogen-bond donors (Lipinski definition) is 0. The molecule has 0 bridgehead atoms. The first-order chi connectivity index (χ1) is 16.2. The zero-order chi connectivity index (χ0) is 22.6. The van der Waals surface area contributed by atoms with Gasteiger partial charge in [0.05, 0.1) is 15.4 Å². The van der Waals surface area contributed by atoms with Gasteiger partial charge in [0.15, 0.2) is 0 Å². The van der Waals surface area contributed by atoms with E-state index in [2.05, 4.69) is 16.2 Å². The maximum Gasteiger partial charge on any atom is 0.227 e. The molecule has 4 aromatic heterocycles. The number of amides is 1. The first-order valence-electron chi connectivity index (χ1n) is 10.5. The van der Waals surface area contributed by atoms with Crippen LogP contribution in [0.1, 0.15) is 17.9 Å². The Kier molecular flexibility index (Phi) is 6.14. The summed E-state index contributed by atoms with van der Waals surface area (Å²) in [6, 6.07) is 17.9. The summed E-state index contributed by atoms with van der Waals surface area (Å²) in [7, 11) is 1.81. The summed E-state index contributed by atoms with van der Waals surface area (Å²) >= 11 is 3.19. The molecule has 0 spiro atoms. The summed E-state index contributed by atoms with van der Waals surface area (Å²) in [5, 5.41) is 12.8. The predicted octanol–water partition coefficient (Wildman–Crippen LogP) is 5.30. The molecule has 0 aliphatic heterocycles. The first kappa shape index (κ1) is 21.3. The fourth-order valence-corrected chi connectivity index (χ4v) is 4.86.